The fourth-order valence-electron chi connectivity index (χ4n) is 2.14. The monoisotopic (exact) mass is 425 g/mol. The second-order valence-electron chi connectivity index (χ2n) is 4.98. The van der Waals surface area contributed by atoms with E-state index in [1.165, 1.54) is 0 Å². The molecule has 0 unspecified atom stereocenters. The summed E-state index contributed by atoms with van der Waals surface area (Å²) in [4.78, 5) is 12.0. The molecule has 0 spiro atoms. The molecule has 0 aromatic heterocycles. The first-order valence-electron chi connectivity index (χ1n) is 7.29. The van der Waals surface area contributed by atoms with Crippen LogP contribution in [0.15, 0.2) is 42.5 Å². The Kier molecular flexibility index (Phi) is 5.22. The summed E-state index contributed by atoms with van der Waals surface area (Å²) in [6.45, 7) is 1.21. The van der Waals surface area contributed by atoms with E-state index in [4.69, 9.17) is 14.2 Å². The number of carbonyl (C=O) groups excluding carboxylic acids is 1. The van der Waals surface area contributed by atoms with Crippen molar-refractivity contribution in [1.29, 1.82) is 0 Å². The second-order valence-corrected chi connectivity index (χ2v) is 6.14. The maximum absolute atomic E-state index is 12.0. The van der Waals surface area contributed by atoms with Crippen molar-refractivity contribution in [1.82, 2.24) is 0 Å². The zero-order valence-corrected chi connectivity index (χ0v) is 14.5. The lowest BCUT2D eigenvalue weighted by Crippen LogP contribution is -2.20. The molecule has 1 aliphatic rings. The quantitative estimate of drug-likeness (QED) is 0.763. The van der Waals surface area contributed by atoms with Gasteiger partial charge >= 0.3 is 0 Å². The molecule has 1 heterocycles. The van der Waals surface area contributed by atoms with E-state index in [0.717, 1.165) is 9.99 Å². The topological polar surface area (TPSA) is 56.8 Å². The first-order chi connectivity index (χ1) is 11.2. The van der Waals surface area contributed by atoms with Gasteiger partial charge in [-0.3, -0.25) is 4.79 Å². The van der Waals surface area contributed by atoms with Gasteiger partial charge in [-0.15, -0.1) is 0 Å². The van der Waals surface area contributed by atoms with Crippen LogP contribution in [0, 0.1) is 3.57 Å². The van der Waals surface area contributed by atoms with Crippen LogP contribution in [-0.4, -0.2) is 25.7 Å². The molecule has 2 aromatic carbocycles. The standard InChI is InChI=1S/C17H16INO4/c18-13-4-1-2-5-14(13)23-11-17(20)19-12-6-7-15-16(10-12)22-9-3-8-21-15/h1-2,4-7,10H,3,8-9,11H2,(H,19,20). The number of benzene rings is 2. The summed E-state index contributed by atoms with van der Waals surface area (Å²) in [7, 11) is 0. The van der Waals surface area contributed by atoms with E-state index in [9.17, 15) is 4.79 Å². The largest absolute Gasteiger partial charge is 0.490 e. The summed E-state index contributed by atoms with van der Waals surface area (Å²) in [5.74, 6) is 1.83. The van der Waals surface area contributed by atoms with E-state index in [1.54, 1.807) is 18.2 Å². The predicted molar refractivity (Wildman–Crippen MR) is 95.3 cm³/mol. The van der Waals surface area contributed by atoms with Gasteiger partial charge in [-0.1, -0.05) is 12.1 Å². The number of fused-ring (bicyclic) bond motifs is 1. The minimum atomic E-state index is -0.223. The molecule has 120 valence electrons. The zero-order valence-electron chi connectivity index (χ0n) is 12.4. The van der Waals surface area contributed by atoms with Gasteiger partial charge in [-0.25, -0.2) is 0 Å². The predicted octanol–water partition coefficient (Wildman–Crippen LogP) is 3.47. The molecule has 0 atom stereocenters. The Balaban J connectivity index is 1.60. The first kappa shape index (κ1) is 15.9. The number of amides is 1. The van der Waals surface area contributed by atoms with Crippen LogP contribution in [0.25, 0.3) is 0 Å². The van der Waals surface area contributed by atoms with Crippen LogP contribution in [0.3, 0.4) is 0 Å². The SMILES string of the molecule is O=C(COc1ccccc1I)Nc1ccc2c(c1)OCCCO2. The van der Waals surface area contributed by atoms with Crippen LogP contribution in [0.2, 0.25) is 0 Å². The number of hydrogen-bond acceptors (Lipinski definition) is 4. The van der Waals surface area contributed by atoms with Crippen LogP contribution in [0.4, 0.5) is 5.69 Å². The lowest BCUT2D eigenvalue weighted by Gasteiger charge is -2.11. The van der Waals surface area contributed by atoms with Gasteiger partial charge in [0.25, 0.3) is 5.91 Å². The second kappa shape index (κ2) is 7.54. The average molecular weight is 425 g/mol. The number of hydrogen-bond donors (Lipinski definition) is 1. The maximum Gasteiger partial charge on any atom is 0.262 e. The Labute approximate surface area is 148 Å². The summed E-state index contributed by atoms with van der Waals surface area (Å²) in [5, 5.41) is 2.80. The molecule has 5 nitrogen and oxygen atoms in total. The molecule has 1 amide bonds. The minimum absolute atomic E-state index is 0.0472. The zero-order chi connectivity index (χ0) is 16.1. The molecular weight excluding hydrogens is 409 g/mol. The van der Waals surface area contributed by atoms with Gasteiger partial charge in [0.1, 0.15) is 5.75 Å². The minimum Gasteiger partial charge on any atom is -0.490 e. The lowest BCUT2D eigenvalue weighted by atomic mass is 10.2. The third kappa shape index (κ3) is 4.28. The van der Waals surface area contributed by atoms with Gasteiger partial charge in [-0.05, 0) is 46.9 Å². The summed E-state index contributed by atoms with van der Waals surface area (Å²) in [5.41, 5.74) is 0.658. The van der Waals surface area contributed by atoms with E-state index in [0.29, 0.717) is 36.1 Å². The maximum atomic E-state index is 12.0. The lowest BCUT2D eigenvalue weighted by molar-refractivity contribution is -0.118. The fourth-order valence-corrected chi connectivity index (χ4v) is 2.69. The molecule has 2 aromatic rings. The smallest absolute Gasteiger partial charge is 0.262 e. The summed E-state index contributed by atoms with van der Waals surface area (Å²) < 4.78 is 17.7. The summed E-state index contributed by atoms with van der Waals surface area (Å²) >= 11 is 2.17. The van der Waals surface area contributed by atoms with Crippen LogP contribution >= 0.6 is 22.6 Å². The Morgan fingerprint density at radius 3 is 2.74 bits per heavy atom. The molecule has 0 radical (unpaired) electrons. The highest BCUT2D eigenvalue weighted by molar-refractivity contribution is 14.1. The molecule has 23 heavy (non-hydrogen) atoms. The third-order valence-electron chi connectivity index (χ3n) is 3.23. The van der Waals surface area contributed by atoms with Gasteiger partial charge < -0.3 is 19.5 Å². The molecule has 0 saturated carbocycles. The number of carbonyl (C=O) groups is 1. The highest BCUT2D eigenvalue weighted by Gasteiger charge is 2.12. The molecule has 0 fully saturated rings. The number of anilines is 1. The van der Waals surface area contributed by atoms with Crippen molar-refractivity contribution in [2.45, 2.75) is 6.42 Å². The fraction of sp³-hybridized carbons (Fsp3) is 0.235. The van der Waals surface area contributed by atoms with Gasteiger partial charge in [0.2, 0.25) is 0 Å². The molecule has 0 bridgehead atoms. The van der Waals surface area contributed by atoms with Crippen LogP contribution in [0.5, 0.6) is 17.2 Å². The van der Waals surface area contributed by atoms with Crippen LogP contribution < -0.4 is 19.5 Å². The van der Waals surface area contributed by atoms with Crippen molar-refractivity contribution >= 4 is 34.2 Å². The highest BCUT2D eigenvalue weighted by atomic mass is 127. The van der Waals surface area contributed by atoms with Gasteiger partial charge in [0, 0.05) is 18.2 Å². The van der Waals surface area contributed by atoms with Crippen molar-refractivity contribution in [3.8, 4) is 17.2 Å². The van der Waals surface area contributed by atoms with Crippen molar-refractivity contribution in [2.75, 3.05) is 25.1 Å². The number of para-hydroxylation sites is 1. The van der Waals surface area contributed by atoms with E-state index in [1.807, 2.05) is 24.3 Å². The highest BCUT2D eigenvalue weighted by Crippen LogP contribution is 2.32. The number of rotatable bonds is 4. The molecule has 0 aliphatic carbocycles. The van der Waals surface area contributed by atoms with E-state index < -0.39 is 0 Å². The van der Waals surface area contributed by atoms with Gasteiger partial charge in [0.15, 0.2) is 18.1 Å². The Hall–Kier alpha value is -1.96. The average Bonchev–Trinajstić information content (AvgIpc) is 2.79. The molecule has 0 saturated heterocycles. The van der Waals surface area contributed by atoms with Crippen molar-refractivity contribution in [3.63, 3.8) is 0 Å². The first-order valence-corrected chi connectivity index (χ1v) is 8.37. The molecule has 1 N–H and O–H groups in total. The molecule has 6 heteroatoms. The van der Waals surface area contributed by atoms with Crippen molar-refractivity contribution in [3.05, 3.63) is 46.0 Å². The van der Waals surface area contributed by atoms with Crippen molar-refractivity contribution in [2.24, 2.45) is 0 Å². The summed E-state index contributed by atoms with van der Waals surface area (Å²) in [6.07, 6.45) is 0.847. The van der Waals surface area contributed by atoms with Crippen LogP contribution in [0.1, 0.15) is 6.42 Å². The Morgan fingerprint density at radius 2 is 1.91 bits per heavy atom. The van der Waals surface area contributed by atoms with E-state index in [2.05, 4.69) is 27.9 Å². The number of nitrogens with one attached hydrogen (secondary N) is 1. The Bertz CT molecular complexity index is 705. The third-order valence-corrected chi connectivity index (χ3v) is 4.12. The number of halogens is 1. The molecular formula is C17H16INO4. The Morgan fingerprint density at radius 1 is 1.13 bits per heavy atom. The number of ether oxygens (including phenoxy) is 3. The van der Waals surface area contributed by atoms with Gasteiger partial charge in [0.05, 0.1) is 16.8 Å². The molecule has 3 rings (SSSR count). The van der Waals surface area contributed by atoms with Crippen molar-refractivity contribution < 1.29 is 19.0 Å². The summed E-state index contributed by atoms with van der Waals surface area (Å²) in [6, 6.07) is 12.9. The normalized spacial score (nSPS) is 13.1. The molecule has 1 aliphatic heterocycles. The van der Waals surface area contributed by atoms with E-state index >= 15 is 0 Å². The van der Waals surface area contributed by atoms with Gasteiger partial charge in [-0.2, -0.15) is 0 Å². The van der Waals surface area contributed by atoms with Crippen LogP contribution in [-0.2, 0) is 4.79 Å². The van der Waals surface area contributed by atoms with E-state index in [-0.39, 0.29) is 12.5 Å².